The van der Waals surface area contributed by atoms with E-state index in [0.717, 1.165) is 11.1 Å². The number of H-pyrrole nitrogens is 1. The SMILES string of the molecule is COc1cc2c(cc1-c1c(C)noc1C)ncc1[nH]c(=O)n(Cc3ccccc3OC(F)(F)F)c12. The Bertz CT molecular complexity index is 1610. The van der Waals surface area contributed by atoms with Crippen molar-refractivity contribution in [1.29, 1.82) is 0 Å². The first kappa shape index (κ1) is 22.5. The summed E-state index contributed by atoms with van der Waals surface area (Å²) in [6.45, 7) is 3.45. The minimum absolute atomic E-state index is 0.155. The highest BCUT2D eigenvalue weighted by Crippen LogP contribution is 2.38. The largest absolute Gasteiger partial charge is 0.573 e. The topological polar surface area (TPSA) is 95.2 Å². The number of rotatable bonds is 5. The van der Waals surface area contributed by atoms with E-state index in [4.69, 9.17) is 9.26 Å². The molecule has 0 saturated heterocycles. The van der Waals surface area contributed by atoms with Crippen molar-refractivity contribution in [2.45, 2.75) is 26.8 Å². The fourth-order valence-electron chi connectivity index (χ4n) is 4.28. The monoisotopic (exact) mass is 484 g/mol. The predicted molar refractivity (Wildman–Crippen MR) is 122 cm³/mol. The first-order chi connectivity index (χ1) is 16.7. The van der Waals surface area contributed by atoms with Crippen LogP contribution in [0.25, 0.3) is 33.1 Å². The molecular formula is C24H19F3N4O4. The van der Waals surface area contributed by atoms with E-state index in [1.165, 1.54) is 36.1 Å². The van der Waals surface area contributed by atoms with Gasteiger partial charge in [-0.1, -0.05) is 23.4 Å². The van der Waals surface area contributed by atoms with Crippen LogP contribution in [0.15, 0.2) is 51.9 Å². The van der Waals surface area contributed by atoms with Gasteiger partial charge < -0.3 is 19.0 Å². The molecule has 0 aliphatic carbocycles. The fraction of sp³-hybridized carbons (Fsp3) is 0.208. The first-order valence-electron chi connectivity index (χ1n) is 10.5. The van der Waals surface area contributed by atoms with Crippen molar-refractivity contribution < 1.29 is 27.2 Å². The number of alkyl halides is 3. The van der Waals surface area contributed by atoms with Crippen LogP contribution in [-0.4, -0.2) is 33.2 Å². The molecule has 11 heteroatoms. The van der Waals surface area contributed by atoms with Crippen molar-refractivity contribution in [3.8, 4) is 22.6 Å². The van der Waals surface area contributed by atoms with Crippen molar-refractivity contribution in [3.63, 3.8) is 0 Å². The summed E-state index contributed by atoms with van der Waals surface area (Å²) >= 11 is 0. The molecule has 0 spiro atoms. The summed E-state index contributed by atoms with van der Waals surface area (Å²) in [6.07, 6.45) is -3.35. The molecule has 3 heterocycles. The summed E-state index contributed by atoms with van der Waals surface area (Å²) in [5.74, 6) is 0.737. The van der Waals surface area contributed by atoms with E-state index in [9.17, 15) is 18.0 Å². The van der Waals surface area contributed by atoms with Gasteiger partial charge >= 0.3 is 12.1 Å². The Morgan fingerprint density at radius 3 is 2.60 bits per heavy atom. The van der Waals surface area contributed by atoms with Crippen LogP contribution < -0.4 is 15.2 Å². The molecule has 0 unspecified atom stereocenters. The van der Waals surface area contributed by atoms with Crippen molar-refractivity contribution in [1.82, 2.24) is 19.7 Å². The van der Waals surface area contributed by atoms with Gasteiger partial charge in [-0.15, -0.1) is 13.2 Å². The molecule has 0 saturated carbocycles. The molecule has 3 aromatic heterocycles. The second-order valence-corrected chi connectivity index (χ2v) is 7.96. The number of hydrogen-bond donors (Lipinski definition) is 1. The second kappa shape index (κ2) is 8.19. The summed E-state index contributed by atoms with van der Waals surface area (Å²) in [5.41, 5.74) is 3.34. The lowest BCUT2D eigenvalue weighted by Crippen LogP contribution is -2.21. The smallest absolute Gasteiger partial charge is 0.496 e. The Hall–Kier alpha value is -4.28. The van der Waals surface area contributed by atoms with Crippen molar-refractivity contribution in [2.24, 2.45) is 0 Å². The number of imidazole rings is 1. The van der Waals surface area contributed by atoms with Crippen LogP contribution in [0.3, 0.4) is 0 Å². The number of aromatic nitrogens is 4. The lowest BCUT2D eigenvalue weighted by molar-refractivity contribution is -0.274. The molecule has 0 aliphatic heterocycles. The lowest BCUT2D eigenvalue weighted by Gasteiger charge is -2.14. The number of methoxy groups -OCH3 is 1. The van der Waals surface area contributed by atoms with Gasteiger partial charge in [0.1, 0.15) is 17.3 Å². The third kappa shape index (κ3) is 3.98. The Balaban J connectivity index is 1.71. The summed E-state index contributed by atoms with van der Waals surface area (Å²) in [5, 5.41) is 4.59. The number of fused-ring (bicyclic) bond motifs is 3. The number of aryl methyl sites for hydroxylation is 2. The third-order valence-electron chi connectivity index (χ3n) is 5.75. The van der Waals surface area contributed by atoms with Gasteiger partial charge in [-0.25, -0.2) is 4.79 Å². The molecule has 0 radical (unpaired) electrons. The Kier molecular flexibility index (Phi) is 5.27. The summed E-state index contributed by atoms with van der Waals surface area (Å²) in [7, 11) is 1.52. The highest BCUT2D eigenvalue weighted by Gasteiger charge is 2.32. The number of nitrogens with one attached hydrogen (secondary N) is 1. The zero-order chi connectivity index (χ0) is 24.9. The summed E-state index contributed by atoms with van der Waals surface area (Å²) in [6, 6.07) is 9.25. The molecule has 0 atom stereocenters. The molecule has 0 aliphatic rings. The molecule has 35 heavy (non-hydrogen) atoms. The van der Waals surface area contributed by atoms with E-state index in [-0.39, 0.29) is 17.9 Å². The minimum atomic E-state index is -4.86. The maximum absolute atomic E-state index is 12.9. The average Bonchev–Trinajstić information content (AvgIpc) is 3.31. The Labute approximate surface area is 195 Å². The average molecular weight is 484 g/mol. The van der Waals surface area contributed by atoms with Crippen LogP contribution in [0.2, 0.25) is 0 Å². The van der Waals surface area contributed by atoms with Crippen molar-refractivity contribution in [2.75, 3.05) is 7.11 Å². The number of halogens is 3. The lowest BCUT2D eigenvalue weighted by atomic mass is 10.0. The number of aromatic amines is 1. The highest BCUT2D eigenvalue weighted by atomic mass is 19.4. The molecule has 1 N–H and O–H groups in total. The number of para-hydroxylation sites is 1. The molecule has 5 rings (SSSR count). The second-order valence-electron chi connectivity index (χ2n) is 7.96. The summed E-state index contributed by atoms with van der Waals surface area (Å²) in [4.78, 5) is 20.0. The van der Waals surface area contributed by atoms with Gasteiger partial charge in [0.15, 0.2) is 0 Å². The van der Waals surface area contributed by atoms with E-state index in [0.29, 0.717) is 39.1 Å². The molecule has 180 valence electrons. The maximum Gasteiger partial charge on any atom is 0.573 e. The van der Waals surface area contributed by atoms with Gasteiger partial charge in [-0.2, -0.15) is 0 Å². The molecule has 8 nitrogen and oxygen atoms in total. The van der Waals surface area contributed by atoms with E-state index in [1.54, 1.807) is 19.1 Å². The van der Waals surface area contributed by atoms with Crippen LogP contribution in [0, 0.1) is 13.8 Å². The van der Waals surface area contributed by atoms with Crippen LogP contribution >= 0.6 is 0 Å². The molecular weight excluding hydrogens is 465 g/mol. The third-order valence-corrected chi connectivity index (χ3v) is 5.75. The van der Waals surface area contributed by atoms with E-state index >= 15 is 0 Å². The molecule has 0 bridgehead atoms. The van der Waals surface area contributed by atoms with Crippen LogP contribution in [0.1, 0.15) is 17.0 Å². The quantitative estimate of drug-likeness (QED) is 0.373. The fourth-order valence-corrected chi connectivity index (χ4v) is 4.28. The normalized spacial score (nSPS) is 11.9. The number of nitrogens with zero attached hydrogens (tertiary/aromatic N) is 3. The number of benzene rings is 2. The Morgan fingerprint density at radius 2 is 1.91 bits per heavy atom. The molecule has 2 aromatic carbocycles. The maximum atomic E-state index is 12.9. The zero-order valence-corrected chi connectivity index (χ0v) is 18.9. The molecule has 5 aromatic rings. The number of ether oxygens (including phenoxy) is 2. The highest BCUT2D eigenvalue weighted by molar-refractivity contribution is 6.04. The minimum Gasteiger partial charge on any atom is -0.496 e. The van der Waals surface area contributed by atoms with Gasteiger partial charge in [-0.3, -0.25) is 9.55 Å². The first-order valence-corrected chi connectivity index (χ1v) is 10.5. The summed E-state index contributed by atoms with van der Waals surface area (Å²) < 4.78 is 55.2. The zero-order valence-electron chi connectivity index (χ0n) is 18.9. The van der Waals surface area contributed by atoms with E-state index in [1.807, 2.05) is 13.0 Å². The van der Waals surface area contributed by atoms with Gasteiger partial charge in [-0.05, 0) is 32.0 Å². The van der Waals surface area contributed by atoms with Gasteiger partial charge in [0, 0.05) is 16.5 Å². The van der Waals surface area contributed by atoms with Crippen molar-refractivity contribution in [3.05, 3.63) is 70.1 Å². The van der Waals surface area contributed by atoms with Crippen LogP contribution in [0.5, 0.6) is 11.5 Å². The van der Waals surface area contributed by atoms with Crippen LogP contribution in [-0.2, 0) is 6.54 Å². The molecule has 0 fully saturated rings. The van der Waals surface area contributed by atoms with Crippen LogP contribution in [0.4, 0.5) is 13.2 Å². The number of hydrogen-bond acceptors (Lipinski definition) is 6. The Morgan fingerprint density at radius 1 is 1.14 bits per heavy atom. The van der Waals surface area contributed by atoms with Gasteiger partial charge in [0.2, 0.25) is 0 Å². The van der Waals surface area contributed by atoms with Gasteiger partial charge in [0.05, 0.1) is 47.7 Å². The van der Waals surface area contributed by atoms with Gasteiger partial charge in [0.25, 0.3) is 0 Å². The van der Waals surface area contributed by atoms with Crippen molar-refractivity contribution >= 4 is 21.9 Å². The number of pyridine rings is 1. The molecule has 0 amide bonds. The van der Waals surface area contributed by atoms with E-state index < -0.39 is 12.1 Å². The van der Waals surface area contributed by atoms with E-state index in [2.05, 4.69) is 19.9 Å². The predicted octanol–water partition coefficient (Wildman–Crippen LogP) is 5.11. The standard InChI is InChI=1S/C24H19F3N4O4/c1-12-21(13(2)35-30-12)16-8-17-15(9-20(16)33-3)22-18(10-28-17)29-23(32)31(22)11-14-6-4-5-7-19(14)34-24(25,26)27/h4-10H,11H2,1-3H3,(H,29,32).